The normalized spacial score (nSPS) is 17.9. The van der Waals surface area contributed by atoms with Crippen LogP contribution in [0.2, 0.25) is 0 Å². The van der Waals surface area contributed by atoms with E-state index in [1.54, 1.807) is 80.4 Å². The average molecular weight is 600 g/mol. The molecular weight excluding hydrogens is 562 g/mol. The van der Waals surface area contributed by atoms with Crippen LogP contribution >= 0.6 is 0 Å². The molecule has 44 heavy (non-hydrogen) atoms. The number of nitrogens with zero attached hydrogens (tertiary/aromatic N) is 3. The van der Waals surface area contributed by atoms with Gasteiger partial charge < -0.3 is 24.7 Å². The highest BCUT2D eigenvalue weighted by atomic mass is 16.6. The number of hydrogen-bond donors (Lipinski definition) is 2. The molecular formula is C33H37N5O6. The van der Waals surface area contributed by atoms with Crippen molar-refractivity contribution in [2.75, 3.05) is 23.7 Å². The quantitative estimate of drug-likeness (QED) is 0.344. The Morgan fingerprint density at radius 2 is 1.61 bits per heavy atom. The highest BCUT2D eigenvalue weighted by Crippen LogP contribution is 2.28. The molecule has 3 heterocycles. The molecule has 2 aromatic carbocycles. The minimum Gasteiger partial charge on any atom is -0.444 e. The lowest BCUT2D eigenvalue weighted by Crippen LogP contribution is -2.45. The van der Waals surface area contributed by atoms with E-state index in [1.807, 2.05) is 12.1 Å². The molecule has 0 spiro atoms. The highest BCUT2D eigenvalue weighted by molar-refractivity contribution is 5.98. The molecule has 2 unspecified atom stereocenters. The largest absolute Gasteiger partial charge is 0.444 e. The number of carbonyl (C=O) groups is 4. The molecule has 11 nitrogen and oxygen atoms in total. The minimum atomic E-state index is -0.761. The Morgan fingerprint density at radius 1 is 0.955 bits per heavy atom. The van der Waals surface area contributed by atoms with E-state index in [0.29, 0.717) is 36.1 Å². The summed E-state index contributed by atoms with van der Waals surface area (Å²) in [5.74, 6) is 0.513. The van der Waals surface area contributed by atoms with Gasteiger partial charge in [-0.25, -0.2) is 9.78 Å². The second kappa shape index (κ2) is 12.7. The van der Waals surface area contributed by atoms with E-state index in [0.717, 1.165) is 24.0 Å². The number of hydrogen-bond acceptors (Lipinski definition) is 7. The van der Waals surface area contributed by atoms with Gasteiger partial charge in [0.2, 0.25) is 17.7 Å². The third kappa shape index (κ3) is 7.34. The zero-order valence-electron chi connectivity index (χ0n) is 25.3. The Kier molecular flexibility index (Phi) is 8.84. The first kappa shape index (κ1) is 30.5. The van der Waals surface area contributed by atoms with Crippen molar-refractivity contribution in [1.82, 2.24) is 14.8 Å². The molecule has 0 radical (unpaired) electrons. The molecule has 4 amide bonds. The maximum Gasteiger partial charge on any atom is 0.411 e. The molecule has 11 heteroatoms. The van der Waals surface area contributed by atoms with Gasteiger partial charge in [-0.2, -0.15) is 0 Å². The van der Waals surface area contributed by atoms with Crippen molar-refractivity contribution in [3.05, 3.63) is 66.9 Å². The third-order valence-corrected chi connectivity index (χ3v) is 7.41. The number of benzene rings is 2. The monoisotopic (exact) mass is 599 g/mol. The molecule has 1 aromatic heterocycles. The molecule has 1 saturated heterocycles. The number of carbonyl (C=O) groups excluding carboxylic acids is 4. The zero-order valence-corrected chi connectivity index (χ0v) is 25.3. The Morgan fingerprint density at radius 3 is 2.27 bits per heavy atom. The van der Waals surface area contributed by atoms with Crippen LogP contribution in [-0.2, 0) is 19.1 Å². The SMILES string of the molecule is CC(=O)N1CCCC1CC(=O)Nc1ccc(-c2cnc(-c3ccc(NC(=O)C4C=CCN4C(=O)OC(C)(C)C)cc3)o2)cc1. The smallest absolute Gasteiger partial charge is 0.411 e. The predicted octanol–water partition coefficient (Wildman–Crippen LogP) is 5.46. The van der Waals surface area contributed by atoms with Crippen molar-refractivity contribution in [2.45, 2.75) is 64.6 Å². The number of rotatable bonds is 7. The highest BCUT2D eigenvalue weighted by Gasteiger charge is 2.33. The lowest BCUT2D eigenvalue weighted by molar-refractivity contribution is -0.130. The Balaban J connectivity index is 1.16. The van der Waals surface area contributed by atoms with Gasteiger partial charge in [0.15, 0.2) is 5.76 Å². The summed E-state index contributed by atoms with van der Waals surface area (Å²) >= 11 is 0. The van der Waals surface area contributed by atoms with Gasteiger partial charge in [0.05, 0.1) is 6.20 Å². The summed E-state index contributed by atoms with van der Waals surface area (Å²) in [6.07, 6.45) is 6.57. The van der Waals surface area contributed by atoms with Crippen LogP contribution in [0.3, 0.4) is 0 Å². The number of nitrogens with one attached hydrogen (secondary N) is 2. The van der Waals surface area contributed by atoms with Crippen molar-refractivity contribution in [3.63, 3.8) is 0 Å². The van der Waals surface area contributed by atoms with Gasteiger partial charge in [-0.05, 0) is 82.1 Å². The molecule has 2 aliphatic rings. The van der Waals surface area contributed by atoms with Crippen LogP contribution in [0.5, 0.6) is 0 Å². The molecule has 5 rings (SSSR count). The fraction of sp³-hybridized carbons (Fsp3) is 0.364. The van der Waals surface area contributed by atoms with Gasteiger partial charge >= 0.3 is 6.09 Å². The number of likely N-dealkylation sites (tertiary alicyclic amines) is 1. The molecule has 0 saturated carbocycles. The predicted molar refractivity (Wildman–Crippen MR) is 166 cm³/mol. The average Bonchev–Trinajstić information content (AvgIpc) is 3.74. The first-order valence-corrected chi connectivity index (χ1v) is 14.7. The molecule has 0 aliphatic carbocycles. The van der Waals surface area contributed by atoms with E-state index in [1.165, 1.54) is 11.8 Å². The second-order valence-corrected chi connectivity index (χ2v) is 11.9. The molecule has 2 N–H and O–H groups in total. The number of oxazole rings is 1. The summed E-state index contributed by atoms with van der Waals surface area (Å²) < 4.78 is 11.4. The maximum atomic E-state index is 12.9. The summed E-state index contributed by atoms with van der Waals surface area (Å²) in [5.41, 5.74) is 2.08. The number of ether oxygens (including phenoxy) is 1. The van der Waals surface area contributed by atoms with Gasteiger partial charge in [0.25, 0.3) is 5.91 Å². The van der Waals surface area contributed by atoms with Crippen LogP contribution in [0.4, 0.5) is 16.2 Å². The Hall–Kier alpha value is -4.93. The molecule has 230 valence electrons. The van der Waals surface area contributed by atoms with Gasteiger partial charge in [0.1, 0.15) is 11.6 Å². The summed E-state index contributed by atoms with van der Waals surface area (Å²) in [7, 11) is 0. The summed E-state index contributed by atoms with van der Waals surface area (Å²) in [5, 5.41) is 5.76. The van der Waals surface area contributed by atoms with Crippen molar-refractivity contribution in [3.8, 4) is 22.8 Å². The number of anilines is 2. The summed E-state index contributed by atoms with van der Waals surface area (Å²) in [6, 6.07) is 13.5. The first-order chi connectivity index (χ1) is 21.0. The van der Waals surface area contributed by atoms with Crippen LogP contribution < -0.4 is 10.6 Å². The third-order valence-electron chi connectivity index (χ3n) is 7.41. The van der Waals surface area contributed by atoms with Crippen molar-refractivity contribution in [2.24, 2.45) is 0 Å². The second-order valence-electron chi connectivity index (χ2n) is 11.9. The van der Waals surface area contributed by atoms with Gasteiger partial charge in [-0.3, -0.25) is 19.3 Å². The van der Waals surface area contributed by atoms with E-state index >= 15 is 0 Å². The number of amides is 4. The number of aromatic nitrogens is 1. The van der Waals surface area contributed by atoms with Gasteiger partial charge in [-0.15, -0.1) is 0 Å². The zero-order chi connectivity index (χ0) is 31.4. The topological polar surface area (TPSA) is 134 Å². The van der Waals surface area contributed by atoms with E-state index < -0.39 is 17.7 Å². The van der Waals surface area contributed by atoms with Crippen molar-refractivity contribution >= 4 is 35.2 Å². The van der Waals surface area contributed by atoms with Gasteiger partial charge in [0, 0.05) is 55.0 Å². The Bertz CT molecular complexity index is 1550. The van der Waals surface area contributed by atoms with Crippen molar-refractivity contribution in [1.29, 1.82) is 0 Å². The standard InChI is InChI=1S/C33H37N5O6/c1-21(39)37-17-5-7-26(37)19-29(40)35-24-13-9-22(10-14-24)28-20-34-31(43-28)23-11-15-25(16-12-23)36-30(41)27-8-6-18-38(27)32(42)44-33(2,3)4/h6,8-16,20,26-27H,5,7,17-19H2,1-4H3,(H,35,40)(H,36,41). The van der Waals surface area contributed by atoms with Crippen LogP contribution in [0.1, 0.15) is 47.0 Å². The lowest BCUT2D eigenvalue weighted by Gasteiger charge is -2.28. The fourth-order valence-electron chi connectivity index (χ4n) is 5.32. The van der Waals surface area contributed by atoms with Gasteiger partial charge in [-0.1, -0.05) is 12.2 Å². The van der Waals surface area contributed by atoms with E-state index in [4.69, 9.17) is 9.15 Å². The maximum absolute atomic E-state index is 12.9. The summed E-state index contributed by atoms with van der Waals surface area (Å²) in [6.45, 7) is 7.89. The van der Waals surface area contributed by atoms with Crippen LogP contribution in [0.15, 0.2) is 71.3 Å². The van der Waals surface area contributed by atoms with E-state index in [9.17, 15) is 19.2 Å². The molecule has 3 aromatic rings. The fourth-order valence-corrected chi connectivity index (χ4v) is 5.32. The van der Waals surface area contributed by atoms with Crippen LogP contribution in [-0.4, -0.2) is 69.4 Å². The van der Waals surface area contributed by atoms with Crippen LogP contribution in [0, 0.1) is 0 Å². The summed E-state index contributed by atoms with van der Waals surface area (Å²) in [4.78, 5) is 57.3. The van der Waals surface area contributed by atoms with E-state index in [-0.39, 0.29) is 30.2 Å². The van der Waals surface area contributed by atoms with Crippen LogP contribution in [0.25, 0.3) is 22.8 Å². The Labute approximate surface area is 256 Å². The molecule has 2 aliphatic heterocycles. The van der Waals surface area contributed by atoms with E-state index in [2.05, 4.69) is 15.6 Å². The first-order valence-electron chi connectivity index (χ1n) is 14.7. The molecule has 0 bridgehead atoms. The van der Waals surface area contributed by atoms with Crippen molar-refractivity contribution < 1.29 is 28.3 Å². The molecule has 2 atom stereocenters. The molecule has 1 fully saturated rings. The lowest BCUT2D eigenvalue weighted by atomic mass is 10.1. The minimum absolute atomic E-state index is 0.00367.